The fourth-order valence-electron chi connectivity index (χ4n) is 1.84. The van der Waals surface area contributed by atoms with Gasteiger partial charge in [0.25, 0.3) is 0 Å². The summed E-state index contributed by atoms with van der Waals surface area (Å²) in [6.07, 6.45) is 4.98. The minimum Gasteiger partial charge on any atom is -0.402 e. The van der Waals surface area contributed by atoms with Crippen molar-refractivity contribution in [3.05, 3.63) is 71.2 Å². The zero-order valence-electron chi connectivity index (χ0n) is 10.9. The van der Waals surface area contributed by atoms with Crippen molar-refractivity contribution >= 4 is 17.9 Å². The van der Waals surface area contributed by atoms with Crippen molar-refractivity contribution in [3.8, 4) is 0 Å². The number of esters is 1. The summed E-state index contributed by atoms with van der Waals surface area (Å²) in [5.41, 5.74) is 3.07. The Kier molecular flexibility index (Phi) is 3.13. The summed E-state index contributed by atoms with van der Waals surface area (Å²) in [5.74, 6) is -0.147. The maximum Gasteiger partial charge on any atom is 0.363 e. The van der Waals surface area contributed by atoms with Gasteiger partial charge in [-0.3, -0.25) is 4.98 Å². The van der Waals surface area contributed by atoms with Gasteiger partial charge in [-0.2, -0.15) is 0 Å². The number of aromatic nitrogens is 1. The normalized spacial score (nSPS) is 16.1. The zero-order chi connectivity index (χ0) is 13.9. The molecule has 1 aromatic carbocycles. The van der Waals surface area contributed by atoms with E-state index in [0.29, 0.717) is 17.2 Å². The van der Waals surface area contributed by atoms with Crippen LogP contribution in [0.3, 0.4) is 0 Å². The number of aliphatic imine (C=N–C) groups is 1. The van der Waals surface area contributed by atoms with Gasteiger partial charge in [0.05, 0.1) is 5.56 Å². The molecule has 1 aromatic heterocycles. The number of benzene rings is 1. The molecule has 2 aromatic rings. The highest BCUT2D eigenvalue weighted by Gasteiger charge is 2.23. The zero-order valence-corrected chi connectivity index (χ0v) is 10.9. The van der Waals surface area contributed by atoms with Crippen LogP contribution in [0.1, 0.15) is 16.7 Å². The van der Waals surface area contributed by atoms with Crippen molar-refractivity contribution in [2.75, 3.05) is 0 Å². The molecule has 1 aliphatic heterocycles. The Morgan fingerprint density at radius 2 is 1.95 bits per heavy atom. The van der Waals surface area contributed by atoms with Gasteiger partial charge in [-0.1, -0.05) is 29.8 Å². The largest absolute Gasteiger partial charge is 0.402 e. The molecule has 0 N–H and O–H groups in total. The molecule has 2 heterocycles. The van der Waals surface area contributed by atoms with Gasteiger partial charge in [-0.15, -0.1) is 0 Å². The molecule has 0 saturated carbocycles. The molecule has 3 rings (SSSR count). The van der Waals surface area contributed by atoms with Crippen molar-refractivity contribution in [2.45, 2.75) is 6.92 Å². The molecule has 0 amide bonds. The van der Waals surface area contributed by atoms with Crippen LogP contribution in [-0.2, 0) is 9.53 Å². The van der Waals surface area contributed by atoms with E-state index >= 15 is 0 Å². The maximum absolute atomic E-state index is 11.8. The van der Waals surface area contributed by atoms with E-state index in [1.165, 1.54) is 5.56 Å². The fourth-order valence-corrected chi connectivity index (χ4v) is 1.84. The highest BCUT2D eigenvalue weighted by atomic mass is 16.6. The number of pyridine rings is 1. The molecule has 0 saturated heterocycles. The van der Waals surface area contributed by atoms with Gasteiger partial charge in [0.2, 0.25) is 5.90 Å². The first-order valence-corrected chi connectivity index (χ1v) is 6.22. The Hall–Kier alpha value is -2.75. The number of hydrogen-bond donors (Lipinski definition) is 0. The monoisotopic (exact) mass is 264 g/mol. The summed E-state index contributed by atoms with van der Waals surface area (Å²) in [4.78, 5) is 20.0. The number of ether oxygens (including phenoxy) is 1. The van der Waals surface area contributed by atoms with Gasteiger partial charge in [0.1, 0.15) is 0 Å². The molecule has 0 aliphatic carbocycles. The van der Waals surface area contributed by atoms with Crippen LogP contribution in [0.4, 0.5) is 0 Å². The number of nitrogens with zero attached hydrogens (tertiary/aromatic N) is 2. The van der Waals surface area contributed by atoms with Crippen molar-refractivity contribution < 1.29 is 9.53 Å². The Labute approximate surface area is 116 Å². The molecule has 0 unspecified atom stereocenters. The topological polar surface area (TPSA) is 51.6 Å². The molecule has 0 radical (unpaired) electrons. The maximum atomic E-state index is 11.8. The third-order valence-corrected chi connectivity index (χ3v) is 2.91. The molecule has 0 spiro atoms. The van der Waals surface area contributed by atoms with Crippen molar-refractivity contribution in [2.24, 2.45) is 4.99 Å². The van der Waals surface area contributed by atoms with E-state index in [4.69, 9.17) is 4.74 Å². The number of carbonyl (C=O) groups excluding carboxylic acids is 1. The fraction of sp³-hybridized carbons (Fsp3) is 0.0625. The highest BCUT2D eigenvalue weighted by Crippen LogP contribution is 2.18. The second-order valence-electron chi connectivity index (χ2n) is 4.49. The summed E-state index contributed by atoms with van der Waals surface area (Å²) in [6, 6.07) is 11.4. The lowest BCUT2D eigenvalue weighted by Crippen LogP contribution is -2.05. The molecular weight excluding hydrogens is 252 g/mol. The van der Waals surface area contributed by atoms with Crippen LogP contribution in [0.2, 0.25) is 0 Å². The molecular formula is C16H12N2O2. The average Bonchev–Trinajstić information content (AvgIpc) is 2.84. The standard InChI is InChI=1S/C16H12N2O2/c1-11-4-6-12(7-5-11)9-14-16(19)20-15(18-14)13-3-2-8-17-10-13/h2-10H,1H3/b14-9+. The van der Waals surface area contributed by atoms with Crippen molar-refractivity contribution in [3.63, 3.8) is 0 Å². The highest BCUT2D eigenvalue weighted by molar-refractivity contribution is 6.12. The first kappa shape index (κ1) is 12.3. The van der Waals surface area contributed by atoms with Crippen LogP contribution in [0.25, 0.3) is 6.08 Å². The summed E-state index contributed by atoms with van der Waals surface area (Å²) in [7, 11) is 0. The average molecular weight is 264 g/mol. The molecule has 4 nitrogen and oxygen atoms in total. The van der Waals surface area contributed by atoms with Gasteiger partial charge < -0.3 is 4.74 Å². The third-order valence-electron chi connectivity index (χ3n) is 2.91. The summed E-state index contributed by atoms with van der Waals surface area (Å²) in [5, 5.41) is 0. The van der Waals surface area contributed by atoms with Crippen LogP contribution in [0, 0.1) is 6.92 Å². The van der Waals surface area contributed by atoms with Crippen LogP contribution in [0.15, 0.2) is 59.5 Å². The Morgan fingerprint density at radius 3 is 2.65 bits per heavy atom. The van der Waals surface area contributed by atoms with Gasteiger partial charge in [-0.25, -0.2) is 9.79 Å². The van der Waals surface area contributed by atoms with Gasteiger partial charge in [0.15, 0.2) is 5.70 Å². The molecule has 4 heteroatoms. The molecule has 20 heavy (non-hydrogen) atoms. The Balaban J connectivity index is 1.92. The number of cyclic esters (lactones) is 1. The smallest absolute Gasteiger partial charge is 0.363 e. The molecule has 0 bridgehead atoms. The van der Waals surface area contributed by atoms with E-state index in [9.17, 15) is 4.79 Å². The Morgan fingerprint density at radius 1 is 1.15 bits per heavy atom. The van der Waals surface area contributed by atoms with Crippen molar-refractivity contribution in [1.82, 2.24) is 4.98 Å². The first-order chi connectivity index (χ1) is 9.72. The van der Waals surface area contributed by atoms with E-state index in [0.717, 1.165) is 5.56 Å². The lowest BCUT2D eigenvalue weighted by atomic mass is 10.1. The van der Waals surface area contributed by atoms with E-state index in [-0.39, 0.29) is 0 Å². The Bertz CT molecular complexity index is 701. The molecule has 0 atom stereocenters. The SMILES string of the molecule is Cc1ccc(/C=C2/N=C(c3cccnc3)OC2=O)cc1. The molecule has 0 fully saturated rings. The lowest BCUT2D eigenvalue weighted by molar-refractivity contribution is -0.129. The van der Waals surface area contributed by atoms with Crippen LogP contribution in [-0.4, -0.2) is 16.9 Å². The summed E-state index contributed by atoms with van der Waals surface area (Å²) >= 11 is 0. The summed E-state index contributed by atoms with van der Waals surface area (Å²) in [6.45, 7) is 2.01. The lowest BCUT2D eigenvalue weighted by Gasteiger charge is -1.96. The second-order valence-corrected chi connectivity index (χ2v) is 4.49. The van der Waals surface area contributed by atoms with Gasteiger partial charge in [0, 0.05) is 12.4 Å². The predicted molar refractivity (Wildman–Crippen MR) is 76.0 cm³/mol. The number of aryl methyl sites for hydroxylation is 1. The third kappa shape index (κ3) is 2.49. The van der Waals surface area contributed by atoms with Crippen LogP contribution >= 0.6 is 0 Å². The second kappa shape index (κ2) is 5.09. The predicted octanol–water partition coefficient (Wildman–Crippen LogP) is 2.73. The molecule has 98 valence electrons. The number of carbonyl (C=O) groups is 1. The minimum atomic E-state index is -0.440. The summed E-state index contributed by atoms with van der Waals surface area (Å²) < 4.78 is 5.16. The van der Waals surface area contributed by atoms with Crippen LogP contribution < -0.4 is 0 Å². The van der Waals surface area contributed by atoms with E-state index < -0.39 is 5.97 Å². The minimum absolute atomic E-state index is 0.293. The van der Waals surface area contributed by atoms with Gasteiger partial charge >= 0.3 is 5.97 Å². The van der Waals surface area contributed by atoms with Crippen LogP contribution in [0.5, 0.6) is 0 Å². The van der Waals surface area contributed by atoms with E-state index in [1.54, 1.807) is 30.6 Å². The number of rotatable bonds is 2. The van der Waals surface area contributed by atoms with Gasteiger partial charge in [-0.05, 0) is 30.7 Å². The quantitative estimate of drug-likeness (QED) is 0.619. The first-order valence-electron chi connectivity index (χ1n) is 6.22. The van der Waals surface area contributed by atoms with E-state index in [2.05, 4.69) is 9.98 Å². The molecule has 1 aliphatic rings. The number of hydrogen-bond acceptors (Lipinski definition) is 4. The van der Waals surface area contributed by atoms with E-state index in [1.807, 2.05) is 31.2 Å². The van der Waals surface area contributed by atoms with Crippen molar-refractivity contribution in [1.29, 1.82) is 0 Å².